The molecule has 5 aromatic carbocycles. The van der Waals surface area contributed by atoms with Crippen molar-refractivity contribution in [3.05, 3.63) is 173 Å². The van der Waals surface area contributed by atoms with E-state index in [-0.39, 0.29) is 6.61 Å². The van der Waals surface area contributed by atoms with Crippen LogP contribution in [0.4, 0.5) is 0 Å². The fourth-order valence-electron chi connectivity index (χ4n) is 5.94. The number of hydrogen-bond donors (Lipinski definition) is 0. The van der Waals surface area contributed by atoms with Gasteiger partial charge in [0.2, 0.25) is 6.29 Å². The van der Waals surface area contributed by atoms with Gasteiger partial charge in [-0.25, -0.2) is 0 Å². The average Bonchev–Trinajstić information content (AvgIpc) is 3.13. The van der Waals surface area contributed by atoms with E-state index in [2.05, 4.69) is 48.5 Å². The smallest absolute Gasteiger partial charge is 0.229 e. The molecule has 0 N–H and O–H groups in total. The van der Waals surface area contributed by atoms with Gasteiger partial charge in [0.1, 0.15) is 30.2 Å². The summed E-state index contributed by atoms with van der Waals surface area (Å²) in [5, 5.41) is 0. The Labute approximate surface area is 284 Å². The fourth-order valence-corrected chi connectivity index (χ4v) is 5.94. The van der Waals surface area contributed by atoms with E-state index >= 15 is 0 Å². The highest BCUT2D eigenvalue weighted by Gasteiger charge is 2.50. The number of aryl methyl sites for hydroxylation is 2. The van der Waals surface area contributed by atoms with Gasteiger partial charge in [-0.05, 0) is 47.2 Å². The Hall–Kier alpha value is -4.30. The summed E-state index contributed by atoms with van der Waals surface area (Å²) in [6.07, 6.45) is -3.01. The van der Waals surface area contributed by atoms with Crippen LogP contribution in [0.2, 0.25) is 0 Å². The third-order valence-corrected chi connectivity index (χ3v) is 8.48. The molecule has 0 spiro atoms. The van der Waals surface area contributed by atoms with Gasteiger partial charge >= 0.3 is 0 Å². The van der Waals surface area contributed by atoms with Crippen molar-refractivity contribution in [3.8, 4) is 5.75 Å². The van der Waals surface area contributed by atoms with Crippen molar-refractivity contribution in [2.24, 2.45) is 0 Å². The summed E-state index contributed by atoms with van der Waals surface area (Å²) in [6, 6.07) is 46.7. The predicted octanol–water partition coefficient (Wildman–Crippen LogP) is 8.38. The Morgan fingerprint density at radius 2 is 0.875 bits per heavy atom. The second-order valence-corrected chi connectivity index (χ2v) is 12.2. The highest BCUT2D eigenvalue weighted by Crippen LogP contribution is 2.34. The molecule has 5 atom stereocenters. The maximum absolute atomic E-state index is 6.85. The van der Waals surface area contributed by atoms with Gasteiger partial charge in [0.05, 0.1) is 33.0 Å². The van der Waals surface area contributed by atoms with E-state index in [1.165, 1.54) is 0 Å². The van der Waals surface area contributed by atoms with Gasteiger partial charge in [-0.3, -0.25) is 0 Å². The van der Waals surface area contributed by atoms with Crippen LogP contribution in [0.1, 0.15) is 33.4 Å². The summed E-state index contributed by atoms with van der Waals surface area (Å²) in [5.74, 6) is 0.769. The molecule has 5 aromatic rings. The van der Waals surface area contributed by atoms with E-state index in [0.717, 1.165) is 39.1 Å². The summed E-state index contributed by atoms with van der Waals surface area (Å²) < 4.78 is 40.2. The first-order valence-electron chi connectivity index (χ1n) is 16.6. The minimum Gasteiger partial charge on any atom is -0.461 e. The molecular formula is C42H44O6. The third-order valence-electron chi connectivity index (χ3n) is 8.48. The van der Waals surface area contributed by atoms with E-state index in [1.54, 1.807) is 0 Å². The van der Waals surface area contributed by atoms with Crippen LogP contribution in [-0.2, 0) is 50.1 Å². The largest absolute Gasteiger partial charge is 0.461 e. The molecule has 0 bridgehead atoms. The molecule has 1 fully saturated rings. The minimum absolute atomic E-state index is 0.275. The van der Waals surface area contributed by atoms with Gasteiger partial charge in [-0.2, -0.15) is 0 Å². The number of benzene rings is 5. The Bertz CT molecular complexity index is 1630. The zero-order valence-electron chi connectivity index (χ0n) is 27.7. The molecule has 6 heteroatoms. The van der Waals surface area contributed by atoms with Gasteiger partial charge in [-0.15, -0.1) is 0 Å². The molecule has 1 aliphatic rings. The number of para-hydroxylation sites is 1. The molecule has 3 unspecified atom stereocenters. The number of ether oxygens (including phenoxy) is 6. The lowest BCUT2D eigenvalue weighted by molar-refractivity contribution is -0.310. The molecule has 0 saturated carbocycles. The molecule has 6 rings (SSSR count). The molecule has 48 heavy (non-hydrogen) atoms. The minimum atomic E-state index is -0.795. The molecule has 6 nitrogen and oxygen atoms in total. The van der Waals surface area contributed by atoms with E-state index in [0.29, 0.717) is 26.4 Å². The molecule has 0 aromatic heterocycles. The van der Waals surface area contributed by atoms with E-state index < -0.39 is 30.7 Å². The molecule has 1 aliphatic heterocycles. The van der Waals surface area contributed by atoms with Gasteiger partial charge < -0.3 is 28.4 Å². The highest BCUT2D eigenvalue weighted by atomic mass is 16.7. The predicted molar refractivity (Wildman–Crippen MR) is 186 cm³/mol. The van der Waals surface area contributed by atoms with E-state index in [9.17, 15) is 0 Å². The van der Waals surface area contributed by atoms with Crippen molar-refractivity contribution >= 4 is 0 Å². The Morgan fingerprint density at radius 1 is 0.458 bits per heavy atom. The standard InChI is InChI=1S/C42H44O6/c1-31-16-15-17-32(2)38(31)48-42-41(46-29-36-24-13-6-14-25-36)40(45-28-35-22-11-5-12-23-35)39(44-27-34-20-9-4-10-21-34)37(47-42)30-43-26-33-18-7-3-8-19-33/h3-25,37,39-42H,26-30H2,1-2H3/t37?,39-,40?,41?,42+/m1/s1. The van der Waals surface area contributed by atoms with E-state index in [1.807, 2.05) is 105 Å². The van der Waals surface area contributed by atoms with Crippen molar-refractivity contribution in [3.63, 3.8) is 0 Å². The summed E-state index contributed by atoms with van der Waals surface area (Å²) in [7, 11) is 0. The lowest BCUT2D eigenvalue weighted by Crippen LogP contribution is -2.62. The first-order valence-corrected chi connectivity index (χ1v) is 16.6. The normalized spacial score (nSPS) is 20.8. The van der Waals surface area contributed by atoms with Gasteiger partial charge in [0, 0.05) is 0 Å². The quantitative estimate of drug-likeness (QED) is 0.114. The molecule has 1 heterocycles. The molecule has 0 aliphatic carbocycles. The van der Waals surface area contributed by atoms with Crippen LogP contribution < -0.4 is 4.74 Å². The van der Waals surface area contributed by atoms with Crippen LogP contribution in [0, 0.1) is 13.8 Å². The topological polar surface area (TPSA) is 55.4 Å². The summed E-state index contributed by atoms with van der Waals surface area (Å²) in [5.41, 5.74) is 6.26. The summed E-state index contributed by atoms with van der Waals surface area (Å²) in [4.78, 5) is 0. The van der Waals surface area contributed by atoms with Crippen molar-refractivity contribution in [1.29, 1.82) is 0 Å². The zero-order valence-corrected chi connectivity index (χ0v) is 27.7. The molecule has 248 valence electrons. The Kier molecular flexibility index (Phi) is 12.0. The first kappa shape index (κ1) is 33.6. The Morgan fingerprint density at radius 3 is 1.35 bits per heavy atom. The van der Waals surface area contributed by atoms with Crippen LogP contribution in [-0.4, -0.2) is 37.3 Å². The molecule has 0 amide bonds. The summed E-state index contributed by atoms with van der Waals surface area (Å²) in [6.45, 7) is 5.91. The van der Waals surface area contributed by atoms with Crippen LogP contribution in [0.15, 0.2) is 140 Å². The monoisotopic (exact) mass is 644 g/mol. The third kappa shape index (κ3) is 9.19. The molecule has 0 radical (unpaired) electrons. The fraction of sp³-hybridized carbons (Fsp3) is 0.286. The zero-order chi connectivity index (χ0) is 33.0. The molecule has 1 saturated heterocycles. The van der Waals surface area contributed by atoms with Crippen LogP contribution in [0.5, 0.6) is 5.75 Å². The van der Waals surface area contributed by atoms with Gasteiger partial charge in [0.15, 0.2) is 0 Å². The Balaban J connectivity index is 1.34. The summed E-state index contributed by atoms with van der Waals surface area (Å²) >= 11 is 0. The van der Waals surface area contributed by atoms with Crippen molar-refractivity contribution < 1.29 is 28.4 Å². The lowest BCUT2D eigenvalue weighted by atomic mass is 9.97. The van der Waals surface area contributed by atoms with Gasteiger partial charge in [-0.1, -0.05) is 140 Å². The maximum atomic E-state index is 6.85. The number of rotatable bonds is 15. The molecular weight excluding hydrogens is 600 g/mol. The van der Waals surface area contributed by atoms with E-state index in [4.69, 9.17) is 28.4 Å². The SMILES string of the molecule is Cc1cccc(C)c1O[C@@H]1OC(COCc2ccccc2)[C@@H](OCc2ccccc2)C(OCc2ccccc2)C1OCc1ccccc1. The number of hydrogen-bond acceptors (Lipinski definition) is 6. The van der Waals surface area contributed by atoms with Crippen LogP contribution in [0.25, 0.3) is 0 Å². The second kappa shape index (κ2) is 17.2. The second-order valence-electron chi connectivity index (χ2n) is 12.2. The first-order chi connectivity index (χ1) is 23.6. The van der Waals surface area contributed by atoms with Crippen LogP contribution in [0.3, 0.4) is 0 Å². The maximum Gasteiger partial charge on any atom is 0.229 e. The van der Waals surface area contributed by atoms with Crippen molar-refractivity contribution in [2.45, 2.75) is 71.0 Å². The lowest BCUT2D eigenvalue weighted by Gasteiger charge is -2.46. The van der Waals surface area contributed by atoms with Gasteiger partial charge in [0.25, 0.3) is 0 Å². The van der Waals surface area contributed by atoms with Crippen molar-refractivity contribution in [2.75, 3.05) is 6.61 Å². The highest BCUT2D eigenvalue weighted by molar-refractivity contribution is 5.40. The average molecular weight is 645 g/mol. The van der Waals surface area contributed by atoms with Crippen LogP contribution >= 0.6 is 0 Å². The van der Waals surface area contributed by atoms with Crippen molar-refractivity contribution in [1.82, 2.24) is 0 Å².